The molecule has 0 saturated heterocycles. The largest absolute Gasteiger partial charge is 0.472 e. The summed E-state index contributed by atoms with van der Waals surface area (Å²) in [6, 6.07) is -0.875. The van der Waals surface area contributed by atoms with E-state index in [0.29, 0.717) is 23.9 Å². The summed E-state index contributed by atoms with van der Waals surface area (Å²) in [6.07, 6.45) is 76.2. The first-order valence-corrected chi connectivity index (χ1v) is 31.9. The fourth-order valence-corrected chi connectivity index (χ4v) is 8.80. The molecule has 0 bridgehead atoms. The minimum atomic E-state index is -4.47. The first-order chi connectivity index (χ1) is 36.9. The van der Waals surface area contributed by atoms with Crippen LogP contribution in [0.4, 0.5) is 0 Å². The van der Waals surface area contributed by atoms with E-state index in [2.05, 4.69) is 135 Å². The maximum Gasteiger partial charge on any atom is 0.472 e. The molecule has 434 valence electrons. The Bertz CT molecular complexity index is 1720. The lowest BCUT2D eigenvalue weighted by molar-refractivity contribution is -0.870. The molecule has 3 unspecified atom stereocenters. The Labute approximate surface area is 467 Å². The number of esters is 1. The number of unbranched alkanes of at least 4 members (excludes halogenated alkanes) is 21. The third kappa shape index (κ3) is 55.2. The number of phosphoric ester groups is 1. The fraction of sp³-hybridized carbons (Fsp3) is 0.667. The van der Waals surface area contributed by atoms with Crippen LogP contribution >= 0.6 is 7.82 Å². The Morgan fingerprint density at radius 3 is 1.41 bits per heavy atom. The molecule has 0 spiro atoms. The van der Waals surface area contributed by atoms with Crippen LogP contribution in [0.25, 0.3) is 0 Å². The van der Waals surface area contributed by atoms with Crippen molar-refractivity contribution in [2.24, 2.45) is 0 Å². The second kappa shape index (κ2) is 54.8. The number of phosphoric acid groups is 1. The third-order valence-corrected chi connectivity index (χ3v) is 13.7. The van der Waals surface area contributed by atoms with Gasteiger partial charge in [-0.15, -0.1) is 0 Å². The standard InChI is InChI=1S/C66H113N2O7P/c1-7-10-13-16-19-22-25-28-30-31-32-33-34-35-36-37-39-40-43-46-49-52-55-58-65(69)67-63(62-74-76(71,72)73-61-60-68(4,5)6)64(57-54-51-48-45-42-27-24-21-18-15-12-9-3)75-66(70)59-56-53-50-47-44-41-38-29-26-23-20-17-14-11-8-2/h10-11,13-14,17,19-20,22-23,26,28,30,32-33,35-36,39-40,54,57,63-64H,7-9,12,15-16,18,21,24-25,27,29,31,34,37-38,41-53,55-56,58-62H2,1-6H3,(H-,67,69,71,72)/p+1/b13-10-,14-11+,20-17+,22-19-,26-23+,30-28-,33-32-,36-35-,40-39-,57-54-. The van der Waals surface area contributed by atoms with E-state index >= 15 is 0 Å². The molecule has 0 saturated carbocycles. The summed E-state index contributed by atoms with van der Waals surface area (Å²) in [4.78, 5) is 37.7. The predicted molar refractivity (Wildman–Crippen MR) is 327 cm³/mol. The van der Waals surface area contributed by atoms with E-state index in [4.69, 9.17) is 13.8 Å². The smallest absolute Gasteiger partial charge is 0.456 e. The van der Waals surface area contributed by atoms with Crippen molar-refractivity contribution in [1.82, 2.24) is 5.32 Å². The minimum absolute atomic E-state index is 0.0259. The number of hydrogen-bond donors (Lipinski definition) is 2. The molecule has 0 radical (unpaired) electrons. The molecule has 0 rings (SSSR count). The molecule has 76 heavy (non-hydrogen) atoms. The molecular weight excluding hydrogens is 964 g/mol. The molecule has 0 fully saturated rings. The van der Waals surface area contributed by atoms with Crippen LogP contribution in [-0.2, 0) is 27.9 Å². The average molecular weight is 1080 g/mol. The van der Waals surface area contributed by atoms with Gasteiger partial charge in [-0.25, -0.2) is 4.57 Å². The summed E-state index contributed by atoms with van der Waals surface area (Å²) in [5.41, 5.74) is 0. The number of likely N-dealkylation sites (N-methyl/N-ethyl adjacent to an activating group) is 1. The van der Waals surface area contributed by atoms with Gasteiger partial charge in [0.2, 0.25) is 5.91 Å². The second-order valence-electron chi connectivity index (χ2n) is 21.2. The predicted octanol–water partition coefficient (Wildman–Crippen LogP) is 18.7. The van der Waals surface area contributed by atoms with Crippen LogP contribution in [-0.4, -0.2) is 74.3 Å². The molecular formula is C66H114N2O7P+. The highest BCUT2D eigenvalue weighted by atomic mass is 31.2. The molecule has 3 atom stereocenters. The number of nitrogens with zero attached hydrogens (tertiary/aromatic N) is 1. The van der Waals surface area contributed by atoms with Crippen LogP contribution in [0.5, 0.6) is 0 Å². The Kier molecular flexibility index (Phi) is 52.2. The monoisotopic (exact) mass is 1080 g/mol. The van der Waals surface area contributed by atoms with Crippen LogP contribution < -0.4 is 5.32 Å². The molecule has 0 heterocycles. The Hall–Kier alpha value is -3.59. The summed E-state index contributed by atoms with van der Waals surface area (Å²) in [5, 5.41) is 3.03. The molecule has 10 heteroatoms. The molecule has 0 aromatic rings. The lowest BCUT2D eigenvalue weighted by atomic mass is 10.0. The number of hydrogen-bond acceptors (Lipinski definition) is 6. The number of nitrogens with one attached hydrogen (secondary N) is 1. The summed E-state index contributed by atoms with van der Waals surface area (Å²) >= 11 is 0. The van der Waals surface area contributed by atoms with E-state index in [0.717, 1.165) is 122 Å². The molecule has 2 N–H and O–H groups in total. The van der Waals surface area contributed by atoms with Crippen molar-refractivity contribution < 1.29 is 37.3 Å². The summed E-state index contributed by atoms with van der Waals surface area (Å²) < 4.78 is 30.6. The lowest BCUT2D eigenvalue weighted by Crippen LogP contribution is -2.47. The zero-order valence-electron chi connectivity index (χ0n) is 49.4. The Morgan fingerprint density at radius 2 is 0.908 bits per heavy atom. The van der Waals surface area contributed by atoms with E-state index < -0.39 is 20.0 Å². The quantitative estimate of drug-likeness (QED) is 0.0156. The van der Waals surface area contributed by atoms with Gasteiger partial charge >= 0.3 is 13.8 Å². The van der Waals surface area contributed by atoms with E-state index in [-0.39, 0.29) is 31.5 Å². The molecule has 0 aliphatic heterocycles. The summed E-state index contributed by atoms with van der Waals surface area (Å²) in [5.74, 6) is -0.557. The molecule has 0 aromatic heterocycles. The van der Waals surface area contributed by atoms with Crippen molar-refractivity contribution in [1.29, 1.82) is 0 Å². The van der Waals surface area contributed by atoms with Crippen molar-refractivity contribution in [3.05, 3.63) is 122 Å². The number of ether oxygens (including phenoxy) is 1. The van der Waals surface area contributed by atoms with Gasteiger partial charge in [-0.1, -0.05) is 239 Å². The highest BCUT2D eigenvalue weighted by Crippen LogP contribution is 2.43. The molecule has 0 aromatic carbocycles. The highest BCUT2D eigenvalue weighted by molar-refractivity contribution is 7.47. The number of carbonyl (C=O) groups excluding carboxylic acids is 2. The van der Waals surface area contributed by atoms with Crippen molar-refractivity contribution in [3.8, 4) is 0 Å². The van der Waals surface area contributed by atoms with Gasteiger partial charge in [-0.2, -0.15) is 0 Å². The van der Waals surface area contributed by atoms with Gasteiger partial charge < -0.3 is 19.4 Å². The van der Waals surface area contributed by atoms with E-state index in [1.165, 1.54) is 70.6 Å². The number of rotatable bonds is 53. The Balaban J connectivity index is 5.32. The normalized spacial score (nSPS) is 14.6. The van der Waals surface area contributed by atoms with E-state index in [1.54, 1.807) is 0 Å². The first kappa shape index (κ1) is 72.4. The van der Waals surface area contributed by atoms with Crippen LogP contribution in [0.15, 0.2) is 122 Å². The van der Waals surface area contributed by atoms with E-state index in [9.17, 15) is 19.0 Å². The lowest BCUT2D eigenvalue weighted by Gasteiger charge is -2.27. The van der Waals surface area contributed by atoms with Gasteiger partial charge in [0.25, 0.3) is 0 Å². The van der Waals surface area contributed by atoms with Gasteiger partial charge in [0, 0.05) is 12.8 Å². The molecule has 0 aliphatic carbocycles. The SMILES string of the molecule is CC/C=C\C/C=C\C/C=C\C/C=C\C/C=C\C/C=C\CCCCCCC(=O)NC(COP(=O)(O)OCC[N+](C)(C)C)C(/C=C\CCCCCCCCCCCC)OC(=O)CCCCCCCCC/C=C/C=C/C=C/CC. The first-order valence-electron chi connectivity index (χ1n) is 30.4. The van der Waals surface area contributed by atoms with E-state index in [1.807, 2.05) is 33.3 Å². The number of amides is 1. The van der Waals surface area contributed by atoms with Crippen LogP contribution in [0.2, 0.25) is 0 Å². The van der Waals surface area contributed by atoms with Crippen LogP contribution in [0, 0.1) is 0 Å². The highest BCUT2D eigenvalue weighted by Gasteiger charge is 2.30. The van der Waals surface area contributed by atoms with Crippen molar-refractivity contribution in [2.45, 2.75) is 245 Å². The Morgan fingerprint density at radius 1 is 0.487 bits per heavy atom. The summed E-state index contributed by atoms with van der Waals surface area (Å²) in [6.45, 7) is 6.72. The fourth-order valence-electron chi connectivity index (χ4n) is 8.06. The van der Waals surface area contributed by atoms with Gasteiger partial charge in [-0.05, 0) is 102 Å². The third-order valence-electron chi connectivity index (χ3n) is 12.7. The molecule has 1 amide bonds. The van der Waals surface area contributed by atoms with Gasteiger partial charge in [0.15, 0.2) is 0 Å². The van der Waals surface area contributed by atoms with Gasteiger partial charge in [0.05, 0.1) is 33.8 Å². The number of allylic oxidation sites excluding steroid dienone is 19. The second-order valence-corrected chi connectivity index (χ2v) is 22.6. The maximum atomic E-state index is 13.5. The van der Waals surface area contributed by atoms with Crippen molar-refractivity contribution in [2.75, 3.05) is 40.9 Å². The van der Waals surface area contributed by atoms with Crippen molar-refractivity contribution >= 4 is 19.7 Å². The zero-order valence-corrected chi connectivity index (χ0v) is 50.3. The topological polar surface area (TPSA) is 111 Å². The van der Waals surface area contributed by atoms with Gasteiger partial charge in [0.1, 0.15) is 19.3 Å². The van der Waals surface area contributed by atoms with Crippen LogP contribution in [0.3, 0.4) is 0 Å². The van der Waals surface area contributed by atoms with Crippen molar-refractivity contribution in [3.63, 3.8) is 0 Å². The molecule has 9 nitrogen and oxygen atoms in total. The number of carbonyl (C=O) groups is 2. The zero-order chi connectivity index (χ0) is 55.7. The molecule has 0 aliphatic rings. The van der Waals surface area contributed by atoms with Crippen LogP contribution in [0.1, 0.15) is 233 Å². The summed E-state index contributed by atoms with van der Waals surface area (Å²) in [7, 11) is 1.45. The number of quaternary nitrogens is 1. The maximum absolute atomic E-state index is 13.5. The minimum Gasteiger partial charge on any atom is -0.456 e. The van der Waals surface area contributed by atoms with Gasteiger partial charge in [-0.3, -0.25) is 18.6 Å². The average Bonchev–Trinajstić information content (AvgIpc) is 3.38.